The molecular weight excluding hydrogens is 779 g/mol. The molecule has 0 fully saturated rings. The normalized spacial score (nSPS) is 13.1. The van der Waals surface area contributed by atoms with Gasteiger partial charge in [-0.25, -0.2) is 0 Å². The second kappa shape index (κ2) is 14.3. The lowest BCUT2D eigenvalue weighted by molar-refractivity contribution is 0.359. The standard InChI is InChI=1S/C61H39NO2/c1-4-16-40(17-5-1)43-28-30-46(31-29-43)62(48-35-44(41-18-6-2-7-19-41)34-45(36-48)42-20-8-3-9-21-42)47-32-33-57-58(37-47)64-60-39-56-52(38-59(60)63-57)51-24-12-15-27-55(51)61(56)53-25-13-10-22-49(53)50-23-11-14-26-54(50)61/h1-39H. The van der Waals surface area contributed by atoms with E-state index in [2.05, 4.69) is 235 Å². The number of nitrogens with zero attached hydrogens (tertiary/aromatic N) is 1. The van der Waals surface area contributed by atoms with Gasteiger partial charge in [0.15, 0.2) is 23.0 Å². The van der Waals surface area contributed by atoms with Crippen LogP contribution in [-0.4, -0.2) is 0 Å². The van der Waals surface area contributed by atoms with Gasteiger partial charge in [-0.15, -0.1) is 0 Å². The van der Waals surface area contributed by atoms with Crippen molar-refractivity contribution in [1.82, 2.24) is 0 Å². The summed E-state index contributed by atoms with van der Waals surface area (Å²) < 4.78 is 13.9. The number of anilines is 3. The summed E-state index contributed by atoms with van der Waals surface area (Å²) in [4.78, 5) is 2.33. The highest BCUT2D eigenvalue weighted by Crippen LogP contribution is 2.64. The van der Waals surface area contributed by atoms with Crippen LogP contribution >= 0.6 is 0 Å². The van der Waals surface area contributed by atoms with E-state index in [1.54, 1.807) is 0 Å². The summed E-state index contributed by atoms with van der Waals surface area (Å²) in [6, 6.07) is 84.8. The third-order valence-corrected chi connectivity index (χ3v) is 13.3. The summed E-state index contributed by atoms with van der Waals surface area (Å²) in [6.45, 7) is 0. The first-order valence-corrected chi connectivity index (χ1v) is 21.9. The van der Waals surface area contributed by atoms with Gasteiger partial charge in [0, 0.05) is 17.4 Å². The minimum absolute atomic E-state index is 0.484. The second-order valence-corrected chi connectivity index (χ2v) is 16.8. The van der Waals surface area contributed by atoms with E-state index in [0.717, 1.165) is 44.9 Å². The molecule has 13 rings (SSSR count). The lowest BCUT2D eigenvalue weighted by atomic mass is 9.70. The quantitative estimate of drug-likeness (QED) is 0.167. The van der Waals surface area contributed by atoms with Gasteiger partial charge in [-0.1, -0.05) is 176 Å². The highest BCUT2D eigenvalue weighted by atomic mass is 16.6. The predicted molar refractivity (Wildman–Crippen MR) is 260 cm³/mol. The van der Waals surface area contributed by atoms with Crippen LogP contribution in [0.2, 0.25) is 0 Å². The lowest BCUT2D eigenvalue weighted by Crippen LogP contribution is -2.25. The number of benzene rings is 10. The Hall–Kier alpha value is -8.40. The number of fused-ring (bicyclic) bond motifs is 12. The van der Waals surface area contributed by atoms with Crippen LogP contribution < -0.4 is 14.4 Å². The molecule has 64 heavy (non-hydrogen) atoms. The van der Waals surface area contributed by atoms with Crippen LogP contribution in [0.15, 0.2) is 237 Å². The molecule has 0 atom stereocenters. The van der Waals surface area contributed by atoms with Crippen molar-refractivity contribution >= 4 is 17.1 Å². The number of ether oxygens (including phenoxy) is 2. The summed E-state index contributed by atoms with van der Waals surface area (Å²) in [7, 11) is 0. The maximum atomic E-state index is 7.05. The van der Waals surface area contributed by atoms with Crippen molar-refractivity contribution in [3.05, 3.63) is 259 Å². The minimum Gasteiger partial charge on any atom is -0.449 e. The van der Waals surface area contributed by atoms with Gasteiger partial charge in [0.25, 0.3) is 0 Å². The minimum atomic E-state index is -0.484. The summed E-state index contributed by atoms with van der Waals surface area (Å²) in [5, 5.41) is 0. The fourth-order valence-electron chi connectivity index (χ4n) is 10.5. The van der Waals surface area contributed by atoms with Gasteiger partial charge in [-0.2, -0.15) is 0 Å². The molecule has 0 N–H and O–H groups in total. The van der Waals surface area contributed by atoms with Gasteiger partial charge >= 0.3 is 0 Å². The molecule has 0 saturated heterocycles. The molecule has 300 valence electrons. The van der Waals surface area contributed by atoms with Gasteiger partial charge in [0.2, 0.25) is 0 Å². The van der Waals surface area contributed by atoms with Crippen LogP contribution in [0.4, 0.5) is 17.1 Å². The number of rotatable bonds is 6. The molecule has 0 aromatic heterocycles. The molecule has 3 nitrogen and oxygen atoms in total. The molecule has 10 aromatic rings. The zero-order chi connectivity index (χ0) is 42.2. The second-order valence-electron chi connectivity index (χ2n) is 16.8. The van der Waals surface area contributed by atoms with Crippen LogP contribution in [-0.2, 0) is 5.41 Å². The van der Waals surface area contributed by atoms with E-state index in [9.17, 15) is 0 Å². The Balaban J connectivity index is 0.964. The third-order valence-electron chi connectivity index (χ3n) is 13.3. The van der Waals surface area contributed by atoms with Crippen LogP contribution in [0.3, 0.4) is 0 Å². The predicted octanol–water partition coefficient (Wildman–Crippen LogP) is 16.4. The highest BCUT2D eigenvalue weighted by Gasteiger charge is 2.52. The Morgan fingerprint density at radius 1 is 0.250 bits per heavy atom. The number of hydrogen-bond donors (Lipinski definition) is 0. The molecule has 1 aliphatic heterocycles. The molecule has 2 aliphatic carbocycles. The van der Waals surface area contributed by atoms with E-state index in [4.69, 9.17) is 9.47 Å². The Kier molecular flexibility index (Phi) is 8.13. The van der Waals surface area contributed by atoms with Crippen LogP contribution in [0.1, 0.15) is 22.3 Å². The van der Waals surface area contributed by atoms with Crippen molar-refractivity contribution in [2.24, 2.45) is 0 Å². The molecular formula is C61H39NO2. The van der Waals surface area contributed by atoms with Crippen molar-refractivity contribution in [1.29, 1.82) is 0 Å². The highest BCUT2D eigenvalue weighted by molar-refractivity contribution is 5.96. The third kappa shape index (κ3) is 5.54. The van der Waals surface area contributed by atoms with Crippen molar-refractivity contribution in [3.63, 3.8) is 0 Å². The Labute approximate surface area is 372 Å². The molecule has 3 aliphatic rings. The van der Waals surface area contributed by atoms with E-state index in [1.807, 2.05) is 6.07 Å². The summed E-state index contributed by atoms with van der Waals surface area (Å²) in [6.07, 6.45) is 0. The smallest absolute Gasteiger partial charge is 0.172 e. The summed E-state index contributed by atoms with van der Waals surface area (Å²) in [5.41, 5.74) is 19.4. The van der Waals surface area contributed by atoms with E-state index in [1.165, 1.54) is 50.1 Å². The van der Waals surface area contributed by atoms with E-state index in [-0.39, 0.29) is 0 Å². The van der Waals surface area contributed by atoms with E-state index in [0.29, 0.717) is 23.0 Å². The monoisotopic (exact) mass is 817 g/mol. The molecule has 0 bridgehead atoms. The lowest BCUT2D eigenvalue weighted by Gasteiger charge is -2.31. The molecule has 0 radical (unpaired) electrons. The fourth-order valence-corrected chi connectivity index (χ4v) is 10.5. The van der Waals surface area contributed by atoms with Crippen molar-refractivity contribution in [3.8, 4) is 78.6 Å². The first-order chi connectivity index (χ1) is 31.7. The Bertz CT molecular complexity index is 3330. The molecule has 1 spiro atoms. The first-order valence-electron chi connectivity index (χ1n) is 21.9. The summed E-state index contributed by atoms with van der Waals surface area (Å²) in [5.74, 6) is 2.75. The topological polar surface area (TPSA) is 21.7 Å². The Morgan fingerprint density at radius 3 is 1.23 bits per heavy atom. The van der Waals surface area contributed by atoms with E-state index < -0.39 is 5.41 Å². The zero-order valence-corrected chi connectivity index (χ0v) is 34.8. The summed E-state index contributed by atoms with van der Waals surface area (Å²) >= 11 is 0. The van der Waals surface area contributed by atoms with Gasteiger partial charge in [0.05, 0.1) is 11.1 Å². The van der Waals surface area contributed by atoms with Gasteiger partial charge in [-0.3, -0.25) is 0 Å². The van der Waals surface area contributed by atoms with Crippen LogP contribution in [0.5, 0.6) is 23.0 Å². The first kappa shape index (κ1) is 36.3. The van der Waals surface area contributed by atoms with Crippen molar-refractivity contribution in [2.45, 2.75) is 5.41 Å². The average molecular weight is 818 g/mol. The fraction of sp³-hybridized carbons (Fsp3) is 0.0164. The molecule has 10 aromatic carbocycles. The van der Waals surface area contributed by atoms with Crippen molar-refractivity contribution < 1.29 is 9.47 Å². The molecule has 0 saturated carbocycles. The zero-order valence-electron chi connectivity index (χ0n) is 34.8. The number of hydrogen-bond acceptors (Lipinski definition) is 3. The van der Waals surface area contributed by atoms with Crippen LogP contribution in [0, 0.1) is 0 Å². The maximum Gasteiger partial charge on any atom is 0.172 e. The SMILES string of the molecule is c1ccc(-c2ccc(N(c3cc(-c4ccccc4)cc(-c4ccccc4)c3)c3ccc4c(c3)Oc3cc5c(cc3O4)-c3ccccc3C53c4ccccc4-c4ccccc43)cc2)cc1. The molecule has 0 unspecified atom stereocenters. The van der Waals surface area contributed by atoms with Gasteiger partial charge in [-0.05, 0) is 132 Å². The molecule has 3 heteroatoms. The maximum absolute atomic E-state index is 7.05. The van der Waals surface area contributed by atoms with Crippen molar-refractivity contribution in [2.75, 3.05) is 4.90 Å². The van der Waals surface area contributed by atoms with Gasteiger partial charge < -0.3 is 14.4 Å². The largest absolute Gasteiger partial charge is 0.449 e. The molecule has 1 heterocycles. The van der Waals surface area contributed by atoms with Gasteiger partial charge in [0.1, 0.15) is 0 Å². The van der Waals surface area contributed by atoms with E-state index >= 15 is 0 Å². The average Bonchev–Trinajstić information content (AvgIpc) is 3.83. The molecule has 0 amide bonds. The Morgan fingerprint density at radius 2 is 0.672 bits per heavy atom. The van der Waals surface area contributed by atoms with Crippen LogP contribution in [0.25, 0.3) is 55.6 Å².